The largest absolute Gasteiger partial charge is 0.467 e. The summed E-state index contributed by atoms with van der Waals surface area (Å²) in [6.07, 6.45) is 0.269. The molecule has 0 saturated carbocycles. The van der Waals surface area contributed by atoms with Crippen LogP contribution in [0, 0.1) is 5.82 Å². The molecular formula is C19H19FN2O4. The Labute approximate surface area is 150 Å². The number of ether oxygens (including phenoxy) is 1. The Hall–Kier alpha value is -3.22. The van der Waals surface area contributed by atoms with Gasteiger partial charge in [0.15, 0.2) is 0 Å². The molecule has 136 valence electrons. The van der Waals surface area contributed by atoms with Crippen molar-refractivity contribution in [3.8, 4) is 0 Å². The minimum Gasteiger partial charge on any atom is -0.467 e. The molecule has 0 aliphatic carbocycles. The van der Waals surface area contributed by atoms with E-state index < -0.39 is 29.6 Å². The molecule has 1 atom stereocenters. The van der Waals surface area contributed by atoms with Crippen molar-refractivity contribution in [2.75, 3.05) is 13.7 Å². The zero-order valence-corrected chi connectivity index (χ0v) is 14.2. The summed E-state index contributed by atoms with van der Waals surface area (Å²) in [4.78, 5) is 35.9. The van der Waals surface area contributed by atoms with Crippen molar-refractivity contribution in [1.82, 2.24) is 10.6 Å². The first-order valence-electron chi connectivity index (χ1n) is 7.94. The number of rotatable bonds is 7. The third kappa shape index (κ3) is 5.70. The molecule has 2 aromatic rings. The van der Waals surface area contributed by atoms with Crippen LogP contribution in [0.4, 0.5) is 4.39 Å². The summed E-state index contributed by atoms with van der Waals surface area (Å²) >= 11 is 0. The molecule has 0 fully saturated rings. The second kappa shape index (κ2) is 9.31. The predicted molar refractivity (Wildman–Crippen MR) is 92.8 cm³/mol. The van der Waals surface area contributed by atoms with Crippen molar-refractivity contribution in [3.63, 3.8) is 0 Å². The molecule has 0 aliphatic heterocycles. The molecule has 0 unspecified atom stereocenters. The van der Waals surface area contributed by atoms with E-state index in [9.17, 15) is 18.8 Å². The number of carbonyl (C=O) groups excluding carboxylic acids is 3. The molecule has 0 bridgehead atoms. The van der Waals surface area contributed by atoms with Crippen LogP contribution >= 0.6 is 0 Å². The minimum atomic E-state index is -0.863. The molecule has 2 rings (SSSR count). The van der Waals surface area contributed by atoms with Gasteiger partial charge in [0.25, 0.3) is 5.91 Å². The smallest absolute Gasteiger partial charge is 0.328 e. The van der Waals surface area contributed by atoms with Gasteiger partial charge in [0.1, 0.15) is 11.9 Å². The first-order valence-corrected chi connectivity index (χ1v) is 7.94. The number of carbonyl (C=O) groups is 3. The normalized spacial score (nSPS) is 11.3. The fraction of sp³-hybridized carbons (Fsp3) is 0.211. The van der Waals surface area contributed by atoms with E-state index in [1.807, 2.05) is 30.3 Å². The Kier molecular flexibility index (Phi) is 6.84. The molecule has 6 nitrogen and oxygen atoms in total. The van der Waals surface area contributed by atoms with E-state index in [4.69, 9.17) is 4.74 Å². The number of esters is 1. The Balaban J connectivity index is 1.91. The van der Waals surface area contributed by atoms with Gasteiger partial charge in [0, 0.05) is 12.0 Å². The number of amides is 2. The highest BCUT2D eigenvalue weighted by atomic mass is 19.1. The number of hydrogen-bond acceptors (Lipinski definition) is 4. The van der Waals surface area contributed by atoms with Crippen LogP contribution in [0.3, 0.4) is 0 Å². The maximum absolute atomic E-state index is 12.9. The average Bonchev–Trinajstić information content (AvgIpc) is 2.66. The van der Waals surface area contributed by atoms with Crippen LogP contribution in [-0.2, 0) is 20.7 Å². The van der Waals surface area contributed by atoms with Gasteiger partial charge in [-0.2, -0.15) is 0 Å². The van der Waals surface area contributed by atoms with Crippen molar-refractivity contribution in [2.24, 2.45) is 0 Å². The maximum Gasteiger partial charge on any atom is 0.328 e. The monoisotopic (exact) mass is 358 g/mol. The standard InChI is InChI=1S/C19H19FN2O4/c1-26-19(25)16(11-13-5-3-2-4-6-13)22-17(23)12-21-18(24)14-7-9-15(20)10-8-14/h2-10,16H,11-12H2,1H3,(H,21,24)(H,22,23)/t16-/m1/s1. The summed E-state index contributed by atoms with van der Waals surface area (Å²) < 4.78 is 17.6. The van der Waals surface area contributed by atoms with Crippen LogP contribution in [-0.4, -0.2) is 37.5 Å². The van der Waals surface area contributed by atoms with Gasteiger partial charge in [0.2, 0.25) is 5.91 Å². The van der Waals surface area contributed by atoms with Gasteiger partial charge in [0.05, 0.1) is 13.7 Å². The lowest BCUT2D eigenvalue weighted by molar-refractivity contribution is -0.144. The van der Waals surface area contributed by atoms with Gasteiger partial charge < -0.3 is 15.4 Å². The van der Waals surface area contributed by atoms with E-state index in [2.05, 4.69) is 10.6 Å². The van der Waals surface area contributed by atoms with E-state index >= 15 is 0 Å². The van der Waals surface area contributed by atoms with Crippen molar-refractivity contribution < 1.29 is 23.5 Å². The zero-order chi connectivity index (χ0) is 18.9. The fourth-order valence-electron chi connectivity index (χ4n) is 2.29. The molecule has 0 aliphatic rings. The van der Waals surface area contributed by atoms with E-state index in [1.54, 1.807) is 0 Å². The number of halogens is 1. The molecule has 0 saturated heterocycles. The van der Waals surface area contributed by atoms with Crippen molar-refractivity contribution in [3.05, 3.63) is 71.5 Å². The first kappa shape index (κ1) is 19.1. The highest BCUT2D eigenvalue weighted by Crippen LogP contribution is 2.05. The minimum absolute atomic E-state index is 0.230. The van der Waals surface area contributed by atoms with Crippen LogP contribution in [0.5, 0.6) is 0 Å². The van der Waals surface area contributed by atoms with Gasteiger partial charge in [-0.05, 0) is 29.8 Å². The first-order chi connectivity index (χ1) is 12.5. The number of nitrogens with one attached hydrogen (secondary N) is 2. The van der Waals surface area contributed by atoms with Gasteiger partial charge in [-0.3, -0.25) is 9.59 Å². The third-order valence-corrected chi connectivity index (χ3v) is 3.62. The molecule has 0 aromatic heterocycles. The Morgan fingerprint density at radius 1 is 1.04 bits per heavy atom. The molecule has 7 heteroatoms. The summed E-state index contributed by atoms with van der Waals surface area (Å²) in [5.41, 5.74) is 1.09. The molecule has 2 amide bonds. The molecule has 2 aromatic carbocycles. The fourth-order valence-corrected chi connectivity index (χ4v) is 2.29. The Morgan fingerprint density at radius 3 is 2.31 bits per heavy atom. The summed E-state index contributed by atoms with van der Waals surface area (Å²) in [5.74, 6) is -2.09. The highest BCUT2D eigenvalue weighted by Gasteiger charge is 2.22. The van der Waals surface area contributed by atoms with E-state index in [1.165, 1.54) is 19.2 Å². The summed E-state index contributed by atoms with van der Waals surface area (Å²) in [5, 5.41) is 4.96. The summed E-state index contributed by atoms with van der Waals surface area (Å²) in [6, 6.07) is 13.2. The molecule has 0 spiro atoms. The Bertz CT molecular complexity index is 763. The molecule has 2 N–H and O–H groups in total. The highest BCUT2D eigenvalue weighted by molar-refractivity contribution is 5.96. The lowest BCUT2D eigenvalue weighted by Crippen LogP contribution is -2.47. The van der Waals surface area contributed by atoms with Crippen molar-refractivity contribution in [2.45, 2.75) is 12.5 Å². The zero-order valence-electron chi connectivity index (χ0n) is 14.2. The van der Waals surface area contributed by atoms with Gasteiger partial charge >= 0.3 is 5.97 Å². The lowest BCUT2D eigenvalue weighted by atomic mass is 10.1. The van der Waals surface area contributed by atoms with Crippen LogP contribution in [0.2, 0.25) is 0 Å². The van der Waals surface area contributed by atoms with Gasteiger partial charge in [-0.1, -0.05) is 30.3 Å². The second-order valence-electron chi connectivity index (χ2n) is 5.52. The van der Waals surface area contributed by atoms with Gasteiger partial charge in [-0.15, -0.1) is 0 Å². The third-order valence-electron chi connectivity index (χ3n) is 3.62. The van der Waals surface area contributed by atoms with Crippen LogP contribution in [0.25, 0.3) is 0 Å². The quantitative estimate of drug-likeness (QED) is 0.734. The SMILES string of the molecule is COC(=O)[C@@H](Cc1ccccc1)NC(=O)CNC(=O)c1ccc(F)cc1. The Morgan fingerprint density at radius 2 is 1.69 bits per heavy atom. The van der Waals surface area contributed by atoms with E-state index in [0.29, 0.717) is 0 Å². The number of benzene rings is 2. The predicted octanol–water partition coefficient (Wildman–Crippen LogP) is 1.46. The molecule has 26 heavy (non-hydrogen) atoms. The number of methoxy groups -OCH3 is 1. The van der Waals surface area contributed by atoms with Gasteiger partial charge in [-0.25, -0.2) is 9.18 Å². The average molecular weight is 358 g/mol. The molecular weight excluding hydrogens is 339 g/mol. The van der Waals surface area contributed by atoms with E-state index in [-0.39, 0.29) is 18.5 Å². The summed E-state index contributed by atoms with van der Waals surface area (Å²) in [6.45, 7) is -0.321. The summed E-state index contributed by atoms with van der Waals surface area (Å²) in [7, 11) is 1.24. The topological polar surface area (TPSA) is 84.5 Å². The van der Waals surface area contributed by atoms with Crippen LogP contribution in [0.15, 0.2) is 54.6 Å². The maximum atomic E-state index is 12.9. The van der Waals surface area contributed by atoms with Crippen molar-refractivity contribution in [1.29, 1.82) is 0 Å². The van der Waals surface area contributed by atoms with Crippen LogP contribution in [0.1, 0.15) is 15.9 Å². The number of hydrogen-bond donors (Lipinski definition) is 2. The molecule has 0 radical (unpaired) electrons. The van der Waals surface area contributed by atoms with E-state index in [0.717, 1.165) is 17.7 Å². The molecule has 0 heterocycles. The van der Waals surface area contributed by atoms with Crippen molar-refractivity contribution >= 4 is 17.8 Å². The lowest BCUT2D eigenvalue weighted by Gasteiger charge is -2.17. The second-order valence-corrected chi connectivity index (χ2v) is 5.52. The van der Waals surface area contributed by atoms with Crippen LogP contribution < -0.4 is 10.6 Å².